The van der Waals surface area contributed by atoms with Crippen LogP contribution in [-0.4, -0.2) is 18.4 Å². The maximum absolute atomic E-state index is 11.6. The van der Waals surface area contributed by atoms with Gasteiger partial charge in [-0.15, -0.1) is 0 Å². The van der Waals surface area contributed by atoms with Gasteiger partial charge in [-0.1, -0.05) is 27.5 Å². The molecule has 0 saturated carbocycles. The van der Waals surface area contributed by atoms with Crippen molar-refractivity contribution in [1.82, 2.24) is 5.32 Å². The van der Waals surface area contributed by atoms with Gasteiger partial charge in [-0.2, -0.15) is 0 Å². The highest BCUT2D eigenvalue weighted by Gasteiger charge is 2.10. The molecule has 0 aliphatic rings. The monoisotopic (exact) mass is 304 g/mol. The van der Waals surface area contributed by atoms with Crippen molar-refractivity contribution in [3.63, 3.8) is 0 Å². The van der Waals surface area contributed by atoms with Crippen LogP contribution in [-0.2, 0) is 4.79 Å². The number of hydrogen-bond acceptors (Lipinski definition) is 2. The van der Waals surface area contributed by atoms with E-state index in [0.29, 0.717) is 10.6 Å². The Hall–Kier alpha value is -1.07. The minimum atomic E-state index is -0.458. The summed E-state index contributed by atoms with van der Waals surface area (Å²) in [5.41, 5.74) is 5.31. The smallest absolute Gasteiger partial charge is 0.252 e. The molecule has 0 bridgehead atoms. The van der Waals surface area contributed by atoms with Gasteiger partial charge in [0.2, 0.25) is 5.91 Å². The van der Waals surface area contributed by atoms with Crippen LogP contribution in [0.1, 0.15) is 16.8 Å². The number of benzene rings is 1. The van der Waals surface area contributed by atoms with Crippen LogP contribution in [0.15, 0.2) is 22.7 Å². The van der Waals surface area contributed by atoms with Crippen molar-refractivity contribution < 1.29 is 9.59 Å². The summed E-state index contributed by atoms with van der Waals surface area (Å²) in [4.78, 5) is 22.1. The minimum absolute atomic E-state index is 0.108. The summed E-state index contributed by atoms with van der Waals surface area (Å²) in [6, 6.07) is 4.97. The lowest BCUT2D eigenvalue weighted by molar-refractivity contribution is -0.117. The Morgan fingerprint density at radius 1 is 1.44 bits per heavy atom. The van der Waals surface area contributed by atoms with Crippen molar-refractivity contribution in [2.75, 3.05) is 6.54 Å². The Labute approximate surface area is 106 Å². The van der Waals surface area contributed by atoms with E-state index in [9.17, 15) is 9.59 Å². The lowest BCUT2D eigenvalue weighted by Crippen LogP contribution is -2.28. The van der Waals surface area contributed by atoms with Gasteiger partial charge in [0.15, 0.2) is 0 Å². The Balaban J connectivity index is 2.65. The van der Waals surface area contributed by atoms with E-state index in [1.54, 1.807) is 18.2 Å². The predicted octanol–water partition coefficient (Wildman–Crippen LogP) is 1.71. The molecule has 1 aromatic rings. The van der Waals surface area contributed by atoms with E-state index in [2.05, 4.69) is 21.2 Å². The zero-order valence-electron chi connectivity index (χ0n) is 8.30. The number of nitrogens with two attached hydrogens (primary N) is 1. The summed E-state index contributed by atoms with van der Waals surface area (Å²) < 4.78 is 0.761. The summed E-state index contributed by atoms with van der Waals surface area (Å²) >= 11 is 9.10. The van der Waals surface area contributed by atoms with Gasteiger partial charge in [-0.3, -0.25) is 9.59 Å². The lowest BCUT2D eigenvalue weighted by Gasteiger charge is -2.06. The second-order valence-corrected chi connectivity index (χ2v) is 4.42. The number of rotatable bonds is 4. The number of carbonyl (C=O) groups is 2. The Bertz CT molecular complexity index is 423. The molecule has 86 valence electrons. The highest BCUT2D eigenvalue weighted by atomic mass is 79.9. The molecule has 0 heterocycles. The van der Waals surface area contributed by atoms with Crippen LogP contribution < -0.4 is 11.1 Å². The van der Waals surface area contributed by atoms with Crippen LogP contribution >= 0.6 is 27.5 Å². The molecule has 0 saturated heterocycles. The van der Waals surface area contributed by atoms with Gasteiger partial charge >= 0.3 is 0 Å². The Kier molecular flexibility index (Phi) is 4.76. The van der Waals surface area contributed by atoms with E-state index < -0.39 is 5.91 Å². The maximum Gasteiger partial charge on any atom is 0.252 e. The fourth-order valence-corrected chi connectivity index (χ4v) is 1.63. The van der Waals surface area contributed by atoms with Crippen LogP contribution in [0.25, 0.3) is 0 Å². The molecule has 0 aliphatic carbocycles. The summed E-state index contributed by atoms with van der Waals surface area (Å²) in [5.74, 6) is -0.784. The molecule has 4 nitrogen and oxygen atoms in total. The van der Waals surface area contributed by atoms with Crippen molar-refractivity contribution in [3.05, 3.63) is 33.3 Å². The van der Waals surface area contributed by atoms with Crippen molar-refractivity contribution in [2.45, 2.75) is 6.42 Å². The third-order valence-electron chi connectivity index (χ3n) is 1.83. The first-order valence-electron chi connectivity index (χ1n) is 4.52. The van der Waals surface area contributed by atoms with Gasteiger partial charge < -0.3 is 11.1 Å². The molecular formula is C10H10BrClN2O2. The van der Waals surface area contributed by atoms with Gasteiger partial charge in [-0.25, -0.2) is 0 Å². The SMILES string of the molecule is NC(=O)CCNC(=O)c1cc(Br)ccc1Cl. The zero-order chi connectivity index (χ0) is 12.1. The molecule has 0 spiro atoms. The normalized spacial score (nSPS) is 9.88. The summed E-state index contributed by atoms with van der Waals surface area (Å²) in [7, 11) is 0. The van der Waals surface area contributed by atoms with E-state index in [1.807, 2.05) is 0 Å². The van der Waals surface area contributed by atoms with E-state index in [4.69, 9.17) is 17.3 Å². The standard InChI is InChI=1S/C10H10BrClN2O2/c11-6-1-2-8(12)7(5-6)10(16)14-4-3-9(13)15/h1-2,5H,3-4H2,(H2,13,15)(H,14,16). The van der Waals surface area contributed by atoms with E-state index in [0.717, 1.165) is 4.47 Å². The van der Waals surface area contributed by atoms with Crippen LogP contribution in [0, 0.1) is 0 Å². The zero-order valence-corrected chi connectivity index (χ0v) is 10.6. The first kappa shape index (κ1) is 13.0. The van der Waals surface area contributed by atoms with E-state index >= 15 is 0 Å². The Morgan fingerprint density at radius 3 is 2.75 bits per heavy atom. The molecule has 1 rings (SSSR count). The molecule has 0 atom stereocenters. The second-order valence-electron chi connectivity index (χ2n) is 3.10. The molecule has 0 fully saturated rings. The third kappa shape index (κ3) is 3.83. The van der Waals surface area contributed by atoms with Gasteiger partial charge in [0.1, 0.15) is 0 Å². The highest BCUT2D eigenvalue weighted by Crippen LogP contribution is 2.20. The molecule has 0 radical (unpaired) electrons. The van der Waals surface area contributed by atoms with Crippen molar-refractivity contribution in [2.24, 2.45) is 5.73 Å². The van der Waals surface area contributed by atoms with Crippen LogP contribution in [0.2, 0.25) is 5.02 Å². The number of amides is 2. The molecule has 0 unspecified atom stereocenters. The van der Waals surface area contributed by atoms with Gasteiger partial charge in [0.25, 0.3) is 5.91 Å². The molecule has 0 aromatic heterocycles. The van der Waals surface area contributed by atoms with Gasteiger partial charge in [-0.05, 0) is 18.2 Å². The number of primary amides is 1. The van der Waals surface area contributed by atoms with Gasteiger partial charge in [0, 0.05) is 17.4 Å². The lowest BCUT2D eigenvalue weighted by atomic mass is 10.2. The highest BCUT2D eigenvalue weighted by molar-refractivity contribution is 9.10. The molecule has 2 amide bonds. The van der Waals surface area contributed by atoms with Crippen molar-refractivity contribution in [1.29, 1.82) is 0 Å². The average molecular weight is 306 g/mol. The van der Waals surface area contributed by atoms with Crippen LogP contribution in [0.5, 0.6) is 0 Å². The van der Waals surface area contributed by atoms with Crippen molar-refractivity contribution in [3.8, 4) is 0 Å². The minimum Gasteiger partial charge on any atom is -0.370 e. The first-order valence-corrected chi connectivity index (χ1v) is 5.69. The Morgan fingerprint density at radius 2 is 2.12 bits per heavy atom. The van der Waals surface area contributed by atoms with Gasteiger partial charge in [0.05, 0.1) is 10.6 Å². The second kappa shape index (κ2) is 5.86. The largest absolute Gasteiger partial charge is 0.370 e. The number of nitrogens with one attached hydrogen (secondary N) is 1. The number of hydrogen-bond donors (Lipinski definition) is 2. The van der Waals surface area contributed by atoms with E-state index in [1.165, 1.54) is 0 Å². The third-order valence-corrected chi connectivity index (χ3v) is 2.65. The molecule has 1 aromatic carbocycles. The number of carbonyl (C=O) groups excluding carboxylic acids is 2. The summed E-state index contributed by atoms with van der Waals surface area (Å²) in [6.45, 7) is 0.205. The van der Waals surface area contributed by atoms with Crippen molar-refractivity contribution >= 4 is 39.3 Å². The quantitative estimate of drug-likeness (QED) is 0.889. The molecular weight excluding hydrogens is 295 g/mol. The fourth-order valence-electron chi connectivity index (χ4n) is 1.07. The summed E-state index contributed by atoms with van der Waals surface area (Å²) in [6.07, 6.45) is 0.108. The van der Waals surface area contributed by atoms with Crippen LogP contribution in [0.4, 0.5) is 0 Å². The first-order chi connectivity index (χ1) is 7.50. The topological polar surface area (TPSA) is 72.2 Å². The maximum atomic E-state index is 11.6. The predicted molar refractivity (Wildman–Crippen MR) is 65.3 cm³/mol. The molecule has 3 N–H and O–H groups in total. The number of halogens is 2. The fraction of sp³-hybridized carbons (Fsp3) is 0.200. The van der Waals surface area contributed by atoms with E-state index in [-0.39, 0.29) is 18.9 Å². The molecule has 16 heavy (non-hydrogen) atoms. The molecule has 0 aliphatic heterocycles. The average Bonchev–Trinajstić information content (AvgIpc) is 2.21. The van der Waals surface area contributed by atoms with Crippen LogP contribution in [0.3, 0.4) is 0 Å². The molecule has 6 heteroatoms. The summed E-state index contributed by atoms with van der Waals surface area (Å²) in [5, 5.41) is 2.91.